The largest absolute Gasteiger partial charge is 0.368 e. The number of benzene rings is 3. The number of amides is 1. The molecule has 1 amide bonds. The third-order valence-electron chi connectivity index (χ3n) is 5.88. The smallest absolute Gasteiger partial charge is 0.233 e. The molecule has 0 bridgehead atoms. The Bertz CT molecular complexity index is 1130. The maximum atomic E-state index is 12.9. The summed E-state index contributed by atoms with van der Waals surface area (Å²) >= 11 is 1.47. The molecule has 5 rings (SSSR count). The summed E-state index contributed by atoms with van der Waals surface area (Å²) in [5.74, 6) is 0.535. The number of carbonyl (C=O) groups is 1. The van der Waals surface area contributed by atoms with Gasteiger partial charge in [0.1, 0.15) is 0 Å². The molecule has 0 spiro atoms. The minimum Gasteiger partial charge on any atom is -0.368 e. The van der Waals surface area contributed by atoms with Crippen LogP contribution in [0.2, 0.25) is 0 Å². The van der Waals surface area contributed by atoms with Gasteiger partial charge < -0.3 is 14.8 Å². The number of H-pyrrole nitrogens is 1. The molecule has 0 saturated carbocycles. The molecular weight excluding hydrogens is 428 g/mol. The van der Waals surface area contributed by atoms with Gasteiger partial charge in [-0.05, 0) is 12.1 Å². The molecule has 0 atom stereocenters. The molecule has 0 radical (unpaired) electrons. The third-order valence-corrected chi connectivity index (χ3v) is 6.74. The molecule has 2 heterocycles. The quantitative estimate of drug-likeness (QED) is 0.408. The van der Waals surface area contributed by atoms with Crippen LogP contribution in [-0.4, -0.2) is 52.7 Å². The highest BCUT2D eigenvalue weighted by molar-refractivity contribution is 7.99. The normalized spacial score (nSPS) is 13.8. The van der Waals surface area contributed by atoms with Gasteiger partial charge in [-0.25, -0.2) is 4.98 Å². The van der Waals surface area contributed by atoms with Gasteiger partial charge in [0.15, 0.2) is 5.16 Å². The van der Waals surface area contributed by atoms with Crippen LogP contribution in [0.3, 0.4) is 0 Å². The summed E-state index contributed by atoms with van der Waals surface area (Å²) < 4.78 is 0. The van der Waals surface area contributed by atoms with Crippen molar-refractivity contribution in [2.45, 2.75) is 5.16 Å². The van der Waals surface area contributed by atoms with E-state index in [9.17, 15) is 4.79 Å². The van der Waals surface area contributed by atoms with Crippen molar-refractivity contribution in [3.63, 3.8) is 0 Å². The first-order valence-electron chi connectivity index (χ1n) is 11.2. The van der Waals surface area contributed by atoms with Crippen molar-refractivity contribution >= 4 is 23.4 Å². The Morgan fingerprint density at radius 1 is 0.788 bits per heavy atom. The van der Waals surface area contributed by atoms with Gasteiger partial charge >= 0.3 is 0 Å². The number of aromatic amines is 1. The number of aromatic nitrogens is 2. The van der Waals surface area contributed by atoms with Crippen molar-refractivity contribution in [1.82, 2.24) is 14.9 Å². The lowest BCUT2D eigenvalue weighted by Crippen LogP contribution is -2.49. The van der Waals surface area contributed by atoms with Crippen LogP contribution in [0.1, 0.15) is 0 Å². The molecule has 33 heavy (non-hydrogen) atoms. The summed E-state index contributed by atoms with van der Waals surface area (Å²) in [6.45, 7) is 3.21. The zero-order valence-electron chi connectivity index (χ0n) is 18.4. The van der Waals surface area contributed by atoms with E-state index in [0.29, 0.717) is 5.75 Å². The first-order chi connectivity index (χ1) is 16.3. The molecule has 166 valence electrons. The number of rotatable bonds is 6. The Hall–Kier alpha value is -3.51. The fourth-order valence-electron chi connectivity index (χ4n) is 4.11. The average Bonchev–Trinajstić information content (AvgIpc) is 3.33. The molecule has 1 fully saturated rings. The number of nitrogens with one attached hydrogen (secondary N) is 1. The Morgan fingerprint density at radius 2 is 1.36 bits per heavy atom. The summed E-state index contributed by atoms with van der Waals surface area (Å²) in [7, 11) is 0. The number of hydrogen-bond donors (Lipinski definition) is 1. The van der Waals surface area contributed by atoms with Crippen LogP contribution in [-0.2, 0) is 4.79 Å². The zero-order chi connectivity index (χ0) is 22.5. The van der Waals surface area contributed by atoms with E-state index in [1.54, 1.807) is 0 Å². The molecule has 4 aromatic rings. The molecule has 0 unspecified atom stereocenters. The van der Waals surface area contributed by atoms with Gasteiger partial charge in [-0.3, -0.25) is 4.79 Å². The first kappa shape index (κ1) is 21.3. The standard InChI is InChI=1S/C27H26N4OS/c32-24(31-18-16-30(17-19-31)23-14-8-3-9-15-23)20-33-27-28-25(21-10-4-1-5-11-21)26(29-27)22-12-6-2-7-13-22/h1-15H,16-20H2,(H,28,29). The van der Waals surface area contributed by atoms with Crippen molar-refractivity contribution in [2.24, 2.45) is 0 Å². The van der Waals surface area contributed by atoms with Gasteiger partial charge in [0.25, 0.3) is 0 Å². The lowest BCUT2D eigenvalue weighted by molar-refractivity contribution is -0.128. The Kier molecular flexibility index (Phi) is 6.44. The molecule has 6 heteroatoms. The van der Waals surface area contributed by atoms with Gasteiger partial charge in [0.05, 0.1) is 17.1 Å². The predicted molar refractivity (Wildman–Crippen MR) is 135 cm³/mol. The average molecular weight is 455 g/mol. The lowest BCUT2D eigenvalue weighted by atomic mass is 10.1. The minimum atomic E-state index is 0.159. The Morgan fingerprint density at radius 3 is 2.00 bits per heavy atom. The van der Waals surface area contributed by atoms with E-state index in [1.807, 2.05) is 47.4 Å². The van der Waals surface area contributed by atoms with Gasteiger partial charge in [-0.2, -0.15) is 0 Å². The number of carbonyl (C=O) groups excluding carboxylic acids is 1. The summed E-state index contributed by atoms with van der Waals surface area (Å²) in [6.07, 6.45) is 0. The van der Waals surface area contributed by atoms with Crippen molar-refractivity contribution in [1.29, 1.82) is 0 Å². The second-order valence-corrected chi connectivity index (χ2v) is 8.95. The van der Waals surface area contributed by atoms with Crippen LogP contribution in [0.25, 0.3) is 22.5 Å². The fraction of sp³-hybridized carbons (Fsp3) is 0.185. The van der Waals surface area contributed by atoms with E-state index in [-0.39, 0.29) is 5.91 Å². The minimum absolute atomic E-state index is 0.159. The molecule has 1 aromatic heterocycles. The van der Waals surface area contributed by atoms with E-state index in [2.05, 4.69) is 58.4 Å². The lowest BCUT2D eigenvalue weighted by Gasteiger charge is -2.36. The van der Waals surface area contributed by atoms with Crippen LogP contribution in [0.5, 0.6) is 0 Å². The maximum Gasteiger partial charge on any atom is 0.233 e. The molecule has 5 nitrogen and oxygen atoms in total. The summed E-state index contributed by atoms with van der Waals surface area (Å²) in [5, 5.41) is 0.768. The zero-order valence-corrected chi connectivity index (χ0v) is 19.2. The maximum absolute atomic E-state index is 12.9. The highest BCUT2D eigenvalue weighted by atomic mass is 32.2. The molecule has 3 aromatic carbocycles. The molecule has 1 aliphatic rings. The number of piperazine rings is 1. The van der Waals surface area contributed by atoms with Crippen LogP contribution in [0.4, 0.5) is 5.69 Å². The number of nitrogens with zero attached hydrogens (tertiary/aromatic N) is 3. The van der Waals surface area contributed by atoms with Crippen molar-refractivity contribution in [3.05, 3.63) is 91.0 Å². The second kappa shape index (κ2) is 9.96. The van der Waals surface area contributed by atoms with Crippen LogP contribution in [0.15, 0.2) is 96.2 Å². The van der Waals surface area contributed by atoms with Crippen LogP contribution >= 0.6 is 11.8 Å². The van der Waals surface area contributed by atoms with Crippen molar-refractivity contribution in [2.75, 3.05) is 36.8 Å². The van der Waals surface area contributed by atoms with Gasteiger partial charge in [-0.1, -0.05) is 90.6 Å². The van der Waals surface area contributed by atoms with E-state index >= 15 is 0 Å². The van der Waals surface area contributed by atoms with E-state index in [4.69, 9.17) is 4.98 Å². The molecule has 1 saturated heterocycles. The number of thioether (sulfide) groups is 1. The third kappa shape index (κ3) is 4.96. The summed E-state index contributed by atoms with van der Waals surface area (Å²) in [6, 6.07) is 30.8. The molecule has 1 N–H and O–H groups in total. The van der Waals surface area contributed by atoms with Crippen LogP contribution in [0, 0.1) is 0 Å². The second-order valence-electron chi connectivity index (χ2n) is 7.99. The van der Waals surface area contributed by atoms with Crippen molar-refractivity contribution in [3.8, 4) is 22.5 Å². The topological polar surface area (TPSA) is 52.2 Å². The van der Waals surface area contributed by atoms with Crippen LogP contribution < -0.4 is 4.90 Å². The van der Waals surface area contributed by atoms with E-state index in [0.717, 1.165) is 53.9 Å². The highest BCUT2D eigenvalue weighted by Gasteiger charge is 2.22. The molecule has 0 aliphatic carbocycles. The molecule has 1 aliphatic heterocycles. The van der Waals surface area contributed by atoms with Crippen molar-refractivity contribution < 1.29 is 4.79 Å². The first-order valence-corrected chi connectivity index (χ1v) is 12.2. The predicted octanol–water partition coefficient (Wildman–Crippen LogP) is 5.18. The number of imidazole rings is 1. The highest BCUT2D eigenvalue weighted by Crippen LogP contribution is 2.32. The number of anilines is 1. The number of para-hydroxylation sites is 1. The number of hydrogen-bond acceptors (Lipinski definition) is 4. The SMILES string of the molecule is O=C(CSc1nc(-c2ccccc2)c(-c2ccccc2)[nH]1)N1CCN(c2ccccc2)CC1. The fourth-order valence-corrected chi connectivity index (χ4v) is 4.89. The monoisotopic (exact) mass is 454 g/mol. The Labute approximate surface area is 198 Å². The van der Waals surface area contributed by atoms with E-state index in [1.165, 1.54) is 17.4 Å². The van der Waals surface area contributed by atoms with Gasteiger partial charge in [-0.15, -0.1) is 0 Å². The van der Waals surface area contributed by atoms with Gasteiger partial charge in [0.2, 0.25) is 5.91 Å². The molecular formula is C27H26N4OS. The summed E-state index contributed by atoms with van der Waals surface area (Å²) in [4.78, 5) is 25.5. The van der Waals surface area contributed by atoms with Gasteiger partial charge in [0, 0.05) is 43.0 Å². The van der Waals surface area contributed by atoms with E-state index < -0.39 is 0 Å². The Balaban J connectivity index is 1.25. The summed E-state index contributed by atoms with van der Waals surface area (Å²) in [5.41, 5.74) is 5.25.